The van der Waals surface area contributed by atoms with Gasteiger partial charge in [0.05, 0.1) is 23.3 Å². The van der Waals surface area contributed by atoms with Crippen LogP contribution in [-0.2, 0) is 12.1 Å². The van der Waals surface area contributed by atoms with Crippen LogP contribution in [0.15, 0.2) is 36.7 Å². The van der Waals surface area contributed by atoms with E-state index in [1.807, 2.05) is 35.1 Å². The molecule has 1 aliphatic heterocycles. The Morgan fingerprint density at radius 1 is 1.19 bits per heavy atom. The molecule has 10 nitrogen and oxygen atoms in total. The lowest BCUT2D eigenvalue weighted by atomic mass is 10.1. The number of benzene rings is 1. The van der Waals surface area contributed by atoms with E-state index < -0.39 is 5.60 Å². The van der Waals surface area contributed by atoms with E-state index in [0.29, 0.717) is 34.7 Å². The molecular weight excluding hydrogens is 490 g/mol. The molecule has 196 valence electrons. The van der Waals surface area contributed by atoms with Crippen molar-refractivity contribution >= 4 is 29.0 Å². The summed E-state index contributed by atoms with van der Waals surface area (Å²) in [6, 6.07) is 7.72. The Morgan fingerprint density at radius 2 is 1.95 bits per heavy atom. The van der Waals surface area contributed by atoms with Gasteiger partial charge in [0.25, 0.3) is 0 Å². The highest BCUT2D eigenvalue weighted by molar-refractivity contribution is 6.31. The van der Waals surface area contributed by atoms with Crippen LogP contribution in [0, 0.1) is 0 Å². The predicted octanol–water partition coefficient (Wildman–Crippen LogP) is 3.85. The number of hydrogen-bond acceptors (Lipinski definition) is 8. The first kappa shape index (κ1) is 25.4. The largest absolute Gasteiger partial charge is 0.384 e. The number of nitrogens with zero attached hydrogens (tertiary/aromatic N) is 7. The van der Waals surface area contributed by atoms with Gasteiger partial charge in [-0.15, -0.1) is 5.10 Å². The van der Waals surface area contributed by atoms with Crippen molar-refractivity contribution in [3.8, 4) is 5.69 Å². The number of fused-ring (bicyclic) bond motifs is 1. The second-order valence-corrected chi connectivity index (χ2v) is 10.9. The molecule has 3 aromatic heterocycles. The molecule has 4 heterocycles. The third-order valence-corrected chi connectivity index (χ3v) is 7.13. The highest BCUT2D eigenvalue weighted by Gasteiger charge is 2.23. The highest BCUT2D eigenvalue weighted by Crippen LogP contribution is 2.28. The standard InChI is InChI=1S/C26H34ClN9O/c1-16(2)21-15-30-24-23(31-25(33-36(21)24)34-11-8-17(28)9-12-34)29-14-18-19(27)6-5-7-20(18)35-13-10-22(32-35)26(3,4)37/h5-7,10,13,15-17,37H,8-9,11-12,14,28H2,1-4H3,(H,29,31,33). The van der Waals surface area contributed by atoms with E-state index in [-0.39, 0.29) is 12.0 Å². The van der Waals surface area contributed by atoms with E-state index >= 15 is 0 Å². The summed E-state index contributed by atoms with van der Waals surface area (Å²) in [7, 11) is 0. The Kier molecular flexibility index (Phi) is 6.82. The van der Waals surface area contributed by atoms with Crippen molar-refractivity contribution in [3.05, 3.63) is 58.6 Å². The first-order valence-electron chi connectivity index (χ1n) is 12.7. The SMILES string of the molecule is CC(C)c1cnc2c(NCc3c(Cl)cccc3-n3ccc(C(C)(C)O)n3)nc(N3CCC(N)CC3)nn12. The fourth-order valence-electron chi connectivity index (χ4n) is 4.53. The molecule has 1 saturated heterocycles. The van der Waals surface area contributed by atoms with Gasteiger partial charge in [0.2, 0.25) is 5.95 Å². The minimum atomic E-state index is -1.04. The second kappa shape index (κ2) is 9.92. The van der Waals surface area contributed by atoms with Crippen molar-refractivity contribution in [2.75, 3.05) is 23.3 Å². The summed E-state index contributed by atoms with van der Waals surface area (Å²) in [6.07, 6.45) is 5.50. The van der Waals surface area contributed by atoms with E-state index in [0.717, 1.165) is 42.9 Å². The number of imidazole rings is 1. The van der Waals surface area contributed by atoms with E-state index in [1.54, 1.807) is 24.6 Å². The molecule has 0 amide bonds. The van der Waals surface area contributed by atoms with Gasteiger partial charge in [-0.3, -0.25) is 0 Å². The van der Waals surface area contributed by atoms with Crippen LogP contribution in [0.5, 0.6) is 0 Å². The first-order valence-corrected chi connectivity index (χ1v) is 13.1. The Morgan fingerprint density at radius 3 is 2.62 bits per heavy atom. The zero-order chi connectivity index (χ0) is 26.3. The van der Waals surface area contributed by atoms with Crippen LogP contribution in [0.4, 0.5) is 11.8 Å². The van der Waals surface area contributed by atoms with Gasteiger partial charge in [0.15, 0.2) is 11.5 Å². The first-order chi connectivity index (χ1) is 17.6. The van der Waals surface area contributed by atoms with E-state index in [9.17, 15) is 5.11 Å². The molecule has 1 aliphatic rings. The number of halogens is 1. The number of rotatable bonds is 7. The lowest BCUT2D eigenvalue weighted by Crippen LogP contribution is -2.40. The molecule has 4 N–H and O–H groups in total. The molecule has 0 unspecified atom stereocenters. The Labute approximate surface area is 221 Å². The maximum atomic E-state index is 10.4. The van der Waals surface area contributed by atoms with Gasteiger partial charge >= 0.3 is 0 Å². The molecule has 37 heavy (non-hydrogen) atoms. The van der Waals surface area contributed by atoms with Crippen molar-refractivity contribution in [2.45, 2.75) is 64.6 Å². The van der Waals surface area contributed by atoms with Gasteiger partial charge in [0.1, 0.15) is 5.60 Å². The van der Waals surface area contributed by atoms with Crippen LogP contribution >= 0.6 is 11.6 Å². The average molecular weight is 524 g/mol. The van der Waals surface area contributed by atoms with Crippen molar-refractivity contribution in [1.82, 2.24) is 29.4 Å². The molecular formula is C26H34ClN9O. The lowest BCUT2D eigenvalue weighted by molar-refractivity contribution is 0.0734. The molecule has 0 spiro atoms. The quantitative estimate of drug-likeness (QED) is 0.334. The third kappa shape index (κ3) is 5.14. The Bertz CT molecular complexity index is 1400. The third-order valence-electron chi connectivity index (χ3n) is 6.78. The van der Waals surface area contributed by atoms with Crippen molar-refractivity contribution in [1.29, 1.82) is 0 Å². The lowest BCUT2D eigenvalue weighted by Gasteiger charge is -2.30. The molecule has 1 aromatic carbocycles. The Hall–Kier alpha value is -3.21. The van der Waals surface area contributed by atoms with Gasteiger partial charge in [0, 0.05) is 42.5 Å². The van der Waals surface area contributed by atoms with Gasteiger partial charge in [-0.2, -0.15) is 10.1 Å². The molecule has 11 heteroatoms. The molecule has 0 bridgehead atoms. The van der Waals surface area contributed by atoms with E-state index in [2.05, 4.69) is 34.1 Å². The highest BCUT2D eigenvalue weighted by atomic mass is 35.5. The molecule has 0 aliphatic carbocycles. The fraction of sp³-hybridized carbons (Fsp3) is 0.462. The van der Waals surface area contributed by atoms with Gasteiger partial charge in [-0.05, 0) is 50.8 Å². The maximum Gasteiger partial charge on any atom is 0.245 e. The van der Waals surface area contributed by atoms with Crippen molar-refractivity contribution in [2.24, 2.45) is 5.73 Å². The normalized spacial score (nSPS) is 15.2. The van der Waals surface area contributed by atoms with Crippen LogP contribution in [-0.4, -0.2) is 53.6 Å². The van der Waals surface area contributed by atoms with Crippen LogP contribution < -0.4 is 16.0 Å². The van der Waals surface area contributed by atoms with E-state index in [1.165, 1.54) is 0 Å². The van der Waals surface area contributed by atoms with Gasteiger partial charge < -0.3 is 21.1 Å². The van der Waals surface area contributed by atoms with Gasteiger partial charge in [-0.1, -0.05) is 31.5 Å². The minimum Gasteiger partial charge on any atom is -0.384 e. The topological polar surface area (TPSA) is 122 Å². The number of piperidine rings is 1. The second-order valence-electron chi connectivity index (χ2n) is 10.5. The smallest absolute Gasteiger partial charge is 0.245 e. The van der Waals surface area contributed by atoms with Crippen molar-refractivity contribution < 1.29 is 5.11 Å². The monoisotopic (exact) mass is 523 g/mol. The number of nitrogens with one attached hydrogen (secondary N) is 1. The van der Waals surface area contributed by atoms with Gasteiger partial charge in [-0.25, -0.2) is 14.2 Å². The number of hydrogen-bond donors (Lipinski definition) is 3. The summed E-state index contributed by atoms with van der Waals surface area (Å²) < 4.78 is 3.63. The van der Waals surface area contributed by atoms with Crippen LogP contribution in [0.25, 0.3) is 11.3 Å². The molecule has 0 radical (unpaired) electrons. The summed E-state index contributed by atoms with van der Waals surface area (Å²) in [5, 5.41) is 23.9. The van der Waals surface area contributed by atoms with Crippen LogP contribution in [0.1, 0.15) is 63.4 Å². The number of anilines is 2. The number of nitrogens with two attached hydrogens (primary N) is 1. The summed E-state index contributed by atoms with van der Waals surface area (Å²) in [6.45, 7) is 9.70. The Balaban J connectivity index is 1.50. The zero-order valence-electron chi connectivity index (χ0n) is 21.7. The average Bonchev–Trinajstić information content (AvgIpc) is 3.51. The summed E-state index contributed by atoms with van der Waals surface area (Å²) >= 11 is 6.67. The molecule has 5 rings (SSSR count). The summed E-state index contributed by atoms with van der Waals surface area (Å²) in [5.74, 6) is 1.54. The molecule has 1 fully saturated rings. The number of aliphatic hydroxyl groups is 1. The molecule has 0 atom stereocenters. The summed E-state index contributed by atoms with van der Waals surface area (Å²) in [5.41, 5.74) is 9.02. The molecule has 0 saturated carbocycles. The molecule has 4 aromatic rings. The number of aromatic nitrogens is 6. The zero-order valence-corrected chi connectivity index (χ0v) is 22.4. The van der Waals surface area contributed by atoms with Crippen LogP contribution in [0.2, 0.25) is 5.02 Å². The summed E-state index contributed by atoms with van der Waals surface area (Å²) in [4.78, 5) is 11.7. The van der Waals surface area contributed by atoms with Crippen molar-refractivity contribution in [3.63, 3.8) is 0 Å². The predicted molar refractivity (Wildman–Crippen MR) is 145 cm³/mol. The minimum absolute atomic E-state index is 0.218. The fourth-order valence-corrected chi connectivity index (χ4v) is 4.76. The van der Waals surface area contributed by atoms with Crippen LogP contribution in [0.3, 0.4) is 0 Å². The maximum absolute atomic E-state index is 10.4. The van der Waals surface area contributed by atoms with E-state index in [4.69, 9.17) is 27.4 Å².